The Bertz CT molecular complexity index is 724. The summed E-state index contributed by atoms with van der Waals surface area (Å²) in [6.45, 7) is 8.44. The Morgan fingerprint density at radius 3 is 2.57 bits per heavy atom. The summed E-state index contributed by atoms with van der Waals surface area (Å²) in [6.07, 6.45) is 4.67. The Labute approximate surface area is 133 Å². The molecule has 1 fully saturated rings. The first-order chi connectivity index (χ1) is 9.99. The van der Waals surface area contributed by atoms with Gasteiger partial charge in [0.15, 0.2) is 5.16 Å². The van der Waals surface area contributed by atoms with Crippen molar-refractivity contribution >= 4 is 33.3 Å². The van der Waals surface area contributed by atoms with Gasteiger partial charge in [-0.3, -0.25) is 9.36 Å². The maximum Gasteiger partial charge on any atom is 0.263 e. The number of rotatable bonds is 3. The van der Waals surface area contributed by atoms with Gasteiger partial charge >= 0.3 is 0 Å². The summed E-state index contributed by atoms with van der Waals surface area (Å²) in [6, 6.07) is 0.343. The average Bonchev–Trinajstić information content (AvgIpc) is 2.99. The van der Waals surface area contributed by atoms with Crippen molar-refractivity contribution in [2.75, 3.05) is 0 Å². The molecule has 0 saturated heterocycles. The van der Waals surface area contributed by atoms with E-state index in [9.17, 15) is 4.79 Å². The zero-order chi connectivity index (χ0) is 15.1. The van der Waals surface area contributed by atoms with Gasteiger partial charge in [-0.25, -0.2) is 4.98 Å². The summed E-state index contributed by atoms with van der Waals surface area (Å²) >= 11 is 3.36. The van der Waals surface area contributed by atoms with Crippen LogP contribution in [0.4, 0.5) is 0 Å². The highest BCUT2D eigenvalue weighted by atomic mass is 32.2. The smallest absolute Gasteiger partial charge is 0.263 e. The largest absolute Gasteiger partial charge is 0.284 e. The lowest BCUT2D eigenvalue weighted by atomic mass is 10.2. The van der Waals surface area contributed by atoms with E-state index in [1.54, 1.807) is 23.1 Å². The lowest BCUT2D eigenvalue weighted by molar-refractivity contribution is 0.457. The zero-order valence-corrected chi connectivity index (χ0v) is 14.7. The van der Waals surface area contributed by atoms with Crippen molar-refractivity contribution < 1.29 is 0 Å². The molecule has 0 unspecified atom stereocenters. The molecule has 1 aliphatic rings. The molecule has 1 saturated carbocycles. The summed E-state index contributed by atoms with van der Waals surface area (Å²) in [5, 5.41) is 2.19. The van der Waals surface area contributed by atoms with Crippen molar-refractivity contribution in [3.63, 3.8) is 0 Å². The number of fused-ring (bicyclic) bond motifs is 1. The van der Waals surface area contributed by atoms with Gasteiger partial charge in [0, 0.05) is 16.2 Å². The Morgan fingerprint density at radius 2 is 1.95 bits per heavy atom. The minimum Gasteiger partial charge on any atom is -0.284 e. The van der Waals surface area contributed by atoms with Crippen molar-refractivity contribution in [3.05, 3.63) is 20.8 Å². The molecule has 1 aliphatic carbocycles. The van der Waals surface area contributed by atoms with Crippen molar-refractivity contribution in [1.29, 1.82) is 0 Å². The fourth-order valence-corrected chi connectivity index (χ4v) is 5.05. The summed E-state index contributed by atoms with van der Waals surface area (Å²) in [7, 11) is 0. The molecular weight excluding hydrogens is 300 g/mol. The van der Waals surface area contributed by atoms with Gasteiger partial charge < -0.3 is 0 Å². The lowest BCUT2D eigenvalue weighted by Crippen LogP contribution is -2.26. The molecule has 114 valence electrons. The molecular formula is C16H22N2OS2. The van der Waals surface area contributed by atoms with Crippen LogP contribution in [0.15, 0.2) is 9.95 Å². The fourth-order valence-electron chi connectivity index (χ4n) is 3.07. The Morgan fingerprint density at radius 1 is 1.29 bits per heavy atom. The maximum atomic E-state index is 13.1. The molecule has 0 N–H and O–H groups in total. The van der Waals surface area contributed by atoms with Crippen molar-refractivity contribution in [2.24, 2.45) is 0 Å². The molecule has 3 nitrogen and oxygen atoms in total. The minimum absolute atomic E-state index is 0.178. The Kier molecular flexibility index (Phi) is 4.14. The van der Waals surface area contributed by atoms with Crippen LogP contribution in [0.5, 0.6) is 0 Å². The monoisotopic (exact) mass is 322 g/mol. The summed E-state index contributed by atoms with van der Waals surface area (Å²) in [4.78, 5) is 20.0. The number of thioether (sulfide) groups is 1. The predicted molar refractivity (Wildman–Crippen MR) is 91.9 cm³/mol. The second-order valence-corrected chi connectivity index (χ2v) is 8.88. The van der Waals surface area contributed by atoms with Gasteiger partial charge in [0.2, 0.25) is 0 Å². The fraction of sp³-hybridized carbons (Fsp3) is 0.625. The van der Waals surface area contributed by atoms with E-state index < -0.39 is 0 Å². The number of aryl methyl sites for hydroxylation is 2. The summed E-state index contributed by atoms with van der Waals surface area (Å²) in [5.41, 5.74) is 1.29. The van der Waals surface area contributed by atoms with E-state index in [1.165, 1.54) is 17.7 Å². The third kappa shape index (κ3) is 2.66. The van der Waals surface area contributed by atoms with Gasteiger partial charge in [-0.2, -0.15) is 0 Å². The van der Waals surface area contributed by atoms with Crippen LogP contribution in [-0.2, 0) is 0 Å². The number of hydrogen-bond acceptors (Lipinski definition) is 4. The second kappa shape index (κ2) is 5.76. The molecule has 0 radical (unpaired) electrons. The van der Waals surface area contributed by atoms with Crippen LogP contribution in [0.1, 0.15) is 56.0 Å². The van der Waals surface area contributed by atoms with Gasteiger partial charge in [-0.15, -0.1) is 11.3 Å². The number of nitrogens with zero attached hydrogens (tertiary/aromatic N) is 2. The highest BCUT2D eigenvalue weighted by molar-refractivity contribution is 7.99. The molecule has 5 heteroatoms. The molecule has 0 atom stereocenters. The minimum atomic E-state index is 0.178. The van der Waals surface area contributed by atoms with Crippen LogP contribution >= 0.6 is 23.1 Å². The van der Waals surface area contributed by atoms with Crippen LogP contribution in [0.25, 0.3) is 10.2 Å². The van der Waals surface area contributed by atoms with Crippen LogP contribution in [0, 0.1) is 13.8 Å². The van der Waals surface area contributed by atoms with Gasteiger partial charge in [0.05, 0.1) is 5.39 Å². The Balaban J connectivity index is 2.26. The van der Waals surface area contributed by atoms with E-state index in [0.29, 0.717) is 11.3 Å². The molecule has 0 bridgehead atoms. The average molecular weight is 322 g/mol. The first-order valence-corrected chi connectivity index (χ1v) is 9.37. The van der Waals surface area contributed by atoms with Crippen LogP contribution < -0.4 is 5.56 Å². The van der Waals surface area contributed by atoms with Gasteiger partial charge in [-0.05, 0) is 32.3 Å². The van der Waals surface area contributed by atoms with Gasteiger partial charge in [-0.1, -0.05) is 38.5 Å². The van der Waals surface area contributed by atoms with Gasteiger partial charge in [0.25, 0.3) is 5.56 Å². The topological polar surface area (TPSA) is 34.9 Å². The quantitative estimate of drug-likeness (QED) is 0.607. The molecule has 2 aromatic rings. The molecule has 0 aromatic carbocycles. The SMILES string of the molecule is Cc1sc2nc(SC(C)C)n(C3CCCC3)c(=O)c2c1C. The van der Waals surface area contributed by atoms with E-state index in [1.807, 2.05) is 11.5 Å². The van der Waals surface area contributed by atoms with Crippen molar-refractivity contribution in [2.45, 2.75) is 69.8 Å². The highest BCUT2D eigenvalue weighted by Crippen LogP contribution is 2.35. The molecule has 21 heavy (non-hydrogen) atoms. The van der Waals surface area contributed by atoms with Crippen LogP contribution in [0.2, 0.25) is 0 Å². The van der Waals surface area contributed by atoms with Crippen molar-refractivity contribution in [1.82, 2.24) is 9.55 Å². The van der Waals surface area contributed by atoms with Gasteiger partial charge in [0.1, 0.15) is 4.83 Å². The van der Waals surface area contributed by atoms with Crippen LogP contribution in [-0.4, -0.2) is 14.8 Å². The summed E-state index contributed by atoms with van der Waals surface area (Å²) in [5.74, 6) is 0. The normalized spacial score (nSPS) is 16.4. The summed E-state index contributed by atoms with van der Waals surface area (Å²) < 4.78 is 2.00. The van der Waals surface area contributed by atoms with Crippen molar-refractivity contribution in [3.8, 4) is 0 Å². The molecule has 2 heterocycles. The number of thiophene rings is 1. The second-order valence-electron chi connectivity index (χ2n) is 6.14. The molecule has 0 aliphatic heterocycles. The highest BCUT2D eigenvalue weighted by Gasteiger charge is 2.25. The standard InChI is InChI=1S/C16H22N2OS2/c1-9(2)20-16-17-14-13(10(3)11(4)21-14)15(19)18(16)12-7-5-6-8-12/h9,12H,5-8H2,1-4H3. The molecule has 3 rings (SSSR count). The Hall–Kier alpha value is -0.810. The zero-order valence-electron chi connectivity index (χ0n) is 13.1. The molecule has 2 aromatic heterocycles. The third-order valence-corrected chi connectivity index (χ3v) is 6.30. The van der Waals surface area contributed by atoms with E-state index in [-0.39, 0.29) is 5.56 Å². The van der Waals surface area contributed by atoms with E-state index in [4.69, 9.17) is 4.98 Å². The third-order valence-electron chi connectivity index (χ3n) is 4.23. The molecule has 0 spiro atoms. The predicted octanol–water partition coefficient (Wildman–Crippen LogP) is 4.69. The maximum absolute atomic E-state index is 13.1. The van der Waals surface area contributed by atoms with Crippen LogP contribution in [0.3, 0.4) is 0 Å². The first kappa shape index (κ1) is 15.1. The number of hydrogen-bond donors (Lipinski definition) is 0. The van der Waals surface area contributed by atoms with E-state index in [0.717, 1.165) is 33.8 Å². The molecule has 0 amide bonds. The number of aromatic nitrogens is 2. The lowest BCUT2D eigenvalue weighted by Gasteiger charge is -2.18. The van der Waals surface area contributed by atoms with E-state index >= 15 is 0 Å². The van der Waals surface area contributed by atoms with E-state index in [2.05, 4.69) is 20.8 Å². The first-order valence-electron chi connectivity index (χ1n) is 7.68.